The van der Waals surface area contributed by atoms with E-state index < -0.39 is 10.1 Å². The van der Waals surface area contributed by atoms with Crippen molar-refractivity contribution in [1.82, 2.24) is 0 Å². The maximum absolute atomic E-state index is 11.0. The van der Waals surface area contributed by atoms with Gasteiger partial charge in [0.25, 0.3) is 10.1 Å². The average Bonchev–Trinajstić information content (AvgIpc) is 2.15. The molecule has 77 valence electrons. The molecule has 0 fully saturated rings. The highest BCUT2D eigenvalue weighted by Gasteiger charge is 2.09. The molecule has 2 rings (SSSR count). The van der Waals surface area contributed by atoms with Crippen LogP contribution in [0.5, 0.6) is 5.75 Å². The zero-order valence-corrected chi connectivity index (χ0v) is 8.36. The first-order valence-corrected chi connectivity index (χ1v) is 5.59. The Morgan fingerprint density at radius 3 is 2.27 bits per heavy atom. The fraction of sp³-hybridized carbons (Fsp3) is 0. The van der Waals surface area contributed by atoms with Crippen molar-refractivity contribution in [1.29, 1.82) is 0 Å². The number of rotatable bonds is 1. The molecule has 0 saturated carbocycles. The lowest BCUT2D eigenvalue weighted by atomic mass is 10.1. The van der Waals surface area contributed by atoms with Gasteiger partial charge in [-0.2, -0.15) is 8.42 Å². The lowest BCUT2D eigenvalue weighted by Gasteiger charge is -2.00. The Bertz CT molecular complexity index is 616. The van der Waals surface area contributed by atoms with Crippen molar-refractivity contribution in [3.05, 3.63) is 36.4 Å². The highest BCUT2D eigenvalue weighted by Crippen LogP contribution is 2.23. The summed E-state index contributed by atoms with van der Waals surface area (Å²) < 4.78 is 30.5. The predicted molar refractivity (Wildman–Crippen MR) is 53.9 cm³/mol. The lowest BCUT2D eigenvalue weighted by molar-refractivity contribution is 0.355. The van der Waals surface area contributed by atoms with Gasteiger partial charge >= 0.3 is 0 Å². The molecule has 4 nitrogen and oxygen atoms in total. The van der Waals surface area contributed by atoms with Crippen molar-refractivity contribution in [2.75, 3.05) is 0 Å². The van der Waals surface area contributed by atoms with Crippen molar-refractivity contribution >= 4 is 20.9 Å². The Hall–Kier alpha value is -1.59. The summed E-state index contributed by atoms with van der Waals surface area (Å²) in [6.45, 7) is 0. The van der Waals surface area contributed by atoms with E-state index in [-0.39, 0.29) is 10.6 Å². The molecule has 0 unspecified atom stereocenters. The van der Waals surface area contributed by atoms with Crippen LogP contribution in [0.1, 0.15) is 0 Å². The molecule has 2 aromatic carbocycles. The molecular weight excluding hydrogens is 216 g/mol. The van der Waals surface area contributed by atoms with Crippen LogP contribution in [0.4, 0.5) is 0 Å². The molecule has 15 heavy (non-hydrogen) atoms. The summed E-state index contributed by atoms with van der Waals surface area (Å²) in [4.78, 5) is -0.208. The van der Waals surface area contributed by atoms with Crippen LogP contribution in [-0.2, 0) is 15.2 Å². The molecule has 0 heterocycles. The molecule has 5 heteroatoms. The van der Waals surface area contributed by atoms with Gasteiger partial charge in [-0.05, 0) is 35.0 Å². The van der Waals surface area contributed by atoms with E-state index in [0.29, 0.717) is 5.39 Å². The maximum Gasteiger partial charge on any atom is 0.294 e. The van der Waals surface area contributed by atoms with Crippen LogP contribution in [-0.4, -0.2) is 13.0 Å². The van der Waals surface area contributed by atoms with E-state index in [1.807, 2.05) is 0 Å². The minimum Gasteiger partial charge on any atom is -0.290 e. The molecule has 0 spiro atoms. The van der Waals surface area contributed by atoms with Gasteiger partial charge in [0.05, 0.1) is 4.90 Å². The van der Waals surface area contributed by atoms with Crippen molar-refractivity contribution < 1.29 is 18.1 Å². The Morgan fingerprint density at radius 1 is 0.933 bits per heavy atom. The number of hydrogen-bond donors (Lipinski definition) is 1. The summed E-state index contributed by atoms with van der Waals surface area (Å²) in [5.74, 6) is -0.199. The normalized spacial score (nSPS) is 11.8. The fourth-order valence-corrected chi connectivity index (χ4v) is 1.88. The zero-order chi connectivity index (χ0) is 11.1. The molecule has 1 N–H and O–H groups in total. The highest BCUT2D eigenvalue weighted by atomic mass is 32.2. The van der Waals surface area contributed by atoms with E-state index in [1.54, 1.807) is 6.07 Å². The van der Waals surface area contributed by atoms with Crippen molar-refractivity contribution in [3.8, 4) is 5.75 Å². The van der Waals surface area contributed by atoms with Crippen LogP contribution in [0.2, 0.25) is 0 Å². The molecule has 0 atom stereocenters. The largest absolute Gasteiger partial charge is 0.294 e. The topological polar surface area (TPSA) is 74.3 Å². The minimum atomic E-state index is -4.21. The molecule has 0 aliphatic carbocycles. The SMILES string of the molecule is [O]c1ccc2ccc(S(=O)(=O)O)cc2c1. The van der Waals surface area contributed by atoms with Crippen LogP contribution < -0.4 is 0 Å². The summed E-state index contributed by atoms with van der Waals surface area (Å²) >= 11 is 0. The third-order valence-electron chi connectivity index (χ3n) is 2.08. The third-order valence-corrected chi connectivity index (χ3v) is 2.93. The minimum absolute atomic E-state index is 0.199. The molecule has 0 aromatic heterocycles. The Labute approximate surface area is 86.5 Å². The first-order chi connectivity index (χ1) is 6.97. The van der Waals surface area contributed by atoms with E-state index in [0.717, 1.165) is 5.39 Å². The van der Waals surface area contributed by atoms with Crippen LogP contribution in [0.25, 0.3) is 10.8 Å². The van der Waals surface area contributed by atoms with Gasteiger partial charge < -0.3 is 0 Å². The van der Waals surface area contributed by atoms with Gasteiger partial charge in [0.2, 0.25) is 0 Å². The Morgan fingerprint density at radius 2 is 1.60 bits per heavy atom. The highest BCUT2D eigenvalue weighted by molar-refractivity contribution is 7.85. The van der Waals surface area contributed by atoms with Gasteiger partial charge in [0.15, 0.2) is 5.75 Å². The van der Waals surface area contributed by atoms with Crippen LogP contribution in [0.15, 0.2) is 41.3 Å². The molecule has 0 saturated heterocycles. The fourth-order valence-electron chi connectivity index (χ4n) is 1.36. The van der Waals surface area contributed by atoms with Crippen molar-refractivity contribution in [2.45, 2.75) is 4.90 Å². The van der Waals surface area contributed by atoms with E-state index in [2.05, 4.69) is 0 Å². The van der Waals surface area contributed by atoms with Crippen LogP contribution in [0, 0.1) is 0 Å². The van der Waals surface area contributed by atoms with E-state index >= 15 is 0 Å². The molecule has 0 aliphatic heterocycles. The summed E-state index contributed by atoms with van der Waals surface area (Å²) in [5, 5.41) is 12.3. The van der Waals surface area contributed by atoms with Crippen LogP contribution in [0.3, 0.4) is 0 Å². The first-order valence-electron chi connectivity index (χ1n) is 4.15. The average molecular weight is 223 g/mol. The molecule has 0 amide bonds. The maximum atomic E-state index is 11.0. The third kappa shape index (κ3) is 1.93. The molecule has 0 aliphatic rings. The van der Waals surface area contributed by atoms with E-state index in [9.17, 15) is 13.5 Å². The van der Waals surface area contributed by atoms with Gasteiger partial charge in [-0.25, -0.2) is 0 Å². The summed E-state index contributed by atoms with van der Waals surface area (Å²) in [6.07, 6.45) is 0. The Balaban J connectivity index is 2.75. The second-order valence-corrected chi connectivity index (χ2v) is 4.57. The monoisotopic (exact) mass is 223 g/mol. The second kappa shape index (κ2) is 3.22. The van der Waals surface area contributed by atoms with Gasteiger partial charge in [0, 0.05) is 0 Å². The first kappa shape index (κ1) is 9.95. The molecule has 0 bridgehead atoms. The summed E-state index contributed by atoms with van der Waals surface area (Å²) in [6, 6.07) is 8.43. The number of fused-ring (bicyclic) bond motifs is 1. The van der Waals surface area contributed by atoms with Gasteiger partial charge in [-0.1, -0.05) is 12.1 Å². The summed E-state index contributed by atoms with van der Waals surface area (Å²) in [5.41, 5.74) is 0. The zero-order valence-electron chi connectivity index (χ0n) is 7.54. The second-order valence-electron chi connectivity index (χ2n) is 3.15. The lowest BCUT2D eigenvalue weighted by Crippen LogP contribution is -1.97. The van der Waals surface area contributed by atoms with Crippen LogP contribution >= 0.6 is 0 Å². The van der Waals surface area contributed by atoms with Gasteiger partial charge in [0.1, 0.15) is 0 Å². The van der Waals surface area contributed by atoms with Crippen molar-refractivity contribution in [2.24, 2.45) is 0 Å². The Kier molecular flexibility index (Phi) is 2.13. The van der Waals surface area contributed by atoms with Gasteiger partial charge in [-0.15, -0.1) is 0 Å². The van der Waals surface area contributed by atoms with Crippen molar-refractivity contribution in [3.63, 3.8) is 0 Å². The quantitative estimate of drug-likeness (QED) is 0.753. The van der Waals surface area contributed by atoms with Gasteiger partial charge in [-0.3, -0.25) is 9.66 Å². The number of benzene rings is 2. The summed E-state index contributed by atoms with van der Waals surface area (Å²) in [7, 11) is -4.21. The molecule has 1 radical (unpaired) electrons. The molecule has 2 aromatic rings. The molecular formula is C10H7O4S. The van der Waals surface area contributed by atoms with E-state index in [1.165, 1.54) is 30.3 Å². The number of hydrogen-bond acceptors (Lipinski definition) is 2. The van der Waals surface area contributed by atoms with E-state index in [4.69, 9.17) is 4.55 Å². The predicted octanol–water partition coefficient (Wildman–Crippen LogP) is 2.23. The standard InChI is InChI=1S/C10H7O4S/c11-9-3-1-7-2-4-10(15(12,13)14)6-8(7)5-9/h1-6H,(H,12,13,14). The smallest absolute Gasteiger partial charge is 0.290 e.